The minimum atomic E-state index is -1.23. The Balaban J connectivity index is -0.000000208. The summed E-state index contributed by atoms with van der Waals surface area (Å²) in [5.74, 6) is -1.23. The molecule has 0 saturated heterocycles. The van der Waals surface area contributed by atoms with Crippen molar-refractivity contribution in [2.75, 3.05) is 26.2 Å². The number of halogens is 1. The van der Waals surface area contributed by atoms with Gasteiger partial charge < -0.3 is 14.4 Å². The van der Waals surface area contributed by atoms with Crippen molar-refractivity contribution in [1.82, 2.24) is 0 Å². The molecule has 0 heterocycles. The second kappa shape index (κ2) is 11.5. The van der Waals surface area contributed by atoms with Gasteiger partial charge in [-0.25, -0.2) is 0 Å². The summed E-state index contributed by atoms with van der Waals surface area (Å²) >= 11 is 0. The van der Waals surface area contributed by atoms with Crippen LogP contribution in [0.3, 0.4) is 0 Å². The second-order valence-electron chi connectivity index (χ2n) is 3.13. The molecule has 0 amide bonds. The van der Waals surface area contributed by atoms with Gasteiger partial charge in [-0.15, -0.1) is 12.4 Å². The fourth-order valence-corrected chi connectivity index (χ4v) is 1.34. The van der Waals surface area contributed by atoms with Crippen molar-refractivity contribution in [3.63, 3.8) is 0 Å². The summed E-state index contributed by atoms with van der Waals surface area (Å²) in [4.78, 5) is 9.14. The zero-order valence-electron chi connectivity index (χ0n) is 10.3. The SMILES string of the molecule is C=CC(=O)[O-].CC[N+](CC)(CC)CC.Cl. The summed E-state index contributed by atoms with van der Waals surface area (Å²) in [5, 5.41) is 9.14. The van der Waals surface area contributed by atoms with Gasteiger partial charge >= 0.3 is 0 Å². The Morgan fingerprint density at radius 1 is 1.13 bits per heavy atom. The molecule has 0 unspecified atom stereocenters. The van der Waals surface area contributed by atoms with Crippen molar-refractivity contribution < 1.29 is 14.4 Å². The first kappa shape index (κ1) is 19.9. The number of nitrogens with zero attached hydrogens (tertiary/aromatic N) is 1. The zero-order chi connectivity index (χ0) is 11.6. The molecule has 0 aromatic carbocycles. The van der Waals surface area contributed by atoms with Crippen LogP contribution >= 0.6 is 12.4 Å². The Hall–Kier alpha value is -0.540. The molecule has 92 valence electrons. The molecule has 0 aliphatic rings. The van der Waals surface area contributed by atoms with Crippen LogP contribution in [0.5, 0.6) is 0 Å². The van der Waals surface area contributed by atoms with E-state index in [4.69, 9.17) is 9.90 Å². The van der Waals surface area contributed by atoms with Crippen LogP contribution in [0.4, 0.5) is 0 Å². The van der Waals surface area contributed by atoms with Gasteiger partial charge in [0.05, 0.1) is 32.1 Å². The molecule has 0 aliphatic heterocycles. The number of carboxylic acid groups (broad SMARTS) is 1. The van der Waals surface area contributed by atoms with Crippen LogP contribution in [0.15, 0.2) is 12.7 Å². The third-order valence-electron chi connectivity index (χ3n) is 2.85. The Morgan fingerprint density at radius 3 is 1.33 bits per heavy atom. The first-order valence-electron chi connectivity index (χ1n) is 5.20. The highest BCUT2D eigenvalue weighted by Crippen LogP contribution is 2.03. The van der Waals surface area contributed by atoms with Gasteiger partial charge in [0.25, 0.3) is 0 Å². The summed E-state index contributed by atoms with van der Waals surface area (Å²) in [6.07, 6.45) is 0.722. The molecule has 0 radical (unpaired) electrons. The Labute approximate surface area is 99.8 Å². The quantitative estimate of drug-likeness (QED) is 0.533. The summed E-state index contributed by atoms with van der Waals surface area (Å²) in [7, 11) is 0. The number of carbonyl (C=O) groups excluding carboxylic acids is 1. The number of aliphatic carboxylic acids is 1. The summed E-state index contributed by atoms with van der Waals surface area (Å²) in [6, 6.07) is 0. The molecule has 0 N–H and O–H groups in total. The normalized spacial score (nSPS) is 9.33. The summed E-state index contributed by atoms with van der Waals surface area (Å²) in [6.45, 7) is 17.1. The maximum Gasteiger partial charge on any atom is 0.0757 e. The van der Waals surface area contributed by atoms with Gasteiger partial charge in [0.1, 0.15) is 0 Å². The van der Waals surface area contributed by atoms with Crippen molar-refractivity contribution in [2.24, 2.45) is 0 Å². The average Bonchev–Trinajstić information content (AvgIpc) is 2.23. The van der Waals surface area contributed by atoms with E-state index in [1.807, 2.05) is 0 Å². The Bertz CT molecular complexity index is 150. The van der Waals surface area contributed by atoms with E-state index in [2.05, 4.69) is 34.3 Å². The van der Waals surface area contributed by atoms with Gasteiger partial charge in [-0.2, -0.15) is 0 Å². The fraction of sp³-hybridized carbons (Fsp3) is 0.727. The molecule has 15 heavy (non-hydrogen) atoms. The first-order valence-corrected chi connectivity index (χ1v) is 5.20. The lowest BCUT2D eigenvalue weighted by Gasteiger charge is -2.34. The highest BCUT2D eigenvalue weighted by Gasteiger charge is 2.16. The predicted molar refractivity (Wildman–Crippen MR) is 64.9 cm³/mol. The fourth-order valence-electron chi connectivity index (χ4n) is 1.34. The van der Waals surface area contributed by atoms with Gasteiger partial charge in [-0.05, 0) is 33.8 Å². The number of carboxylic acids is 1. The van der Waals surface area contributed by atoms with Gasteiger partial charge in [-0.1, -0.05) is 6.58 Å². The van der Waals surface area contributed by atoms with Crippen LogP contribution in [-0.2, 0) is 4.79 Å². The third kappa shape index (κ3) is 9.76. The van der Waals surface area contributed by atoms with Gasteiger partial charge in [0.15, 0.2) is 0 Å². The monoisotopic (exact) mass is 237 g/mol. The highest BCUT2D eigenvalue weighted by molar-refractivity contribution is 5.85. The maximum atomic E-state index is 9.14. The van der Waals surface area contributed by atoms with Crippen LogP contribution in [0.1, 0.15) is 27.7 Å². The predicted octanol–water partition coefficient (Wildman–Crippen LogP) is 1.23. The van der Waals surface area contributed by atoms with Crippen LogP contribution in [0, 0.1) is 0 Å². The molecular formula is C11H24ClNO2. The van der Waals surface area contributed by atoms with Gasteiger partial charge in [-0.3, -0.25) is 0 Å². The summed E-state index contributed by atoms with van der Waals surface area (Å²) < 4.78 is 1.28. The average molecular weight is 238 g/mol. The Morgan fingerprint density at radius 2 is 1.33 bits per heavy atom. The smallest absolute Gasteiger partial charge is 0.0757 e. The largest absolute Gasteiger partial charge is 0.545 e. The van der Waals surface area contributed by atoms with Crippen molar-refractivity contribution in [3.05, 3.63) is 12.7 Å². The van der Waals surface area contributed by atoms with Crippen LogP contribution < -0.4 is 5.11 Å². The standard InChI is InChI=1S/C8H20N.C3H4O2.ClH/c1-5-9(6-2,7-3)8-4;1-2-3(4)5;/h5-8H2,1-4H3;2H,1H2,(H,4,5);1H/q+1;;/p-1. The zero-order valence-corrected chi connectivity index (χ0v) is 11.1. The van der Waals surface area contributed by atoms with E-state index in [9.17, 15) is 0 Å². The molecule has 3 nitrogen and oxygen atoms in total. The lowest BCUT2D eigenvalue weighted by Crippen LogP contribution is -2.47. The van der Waals surface area contributed by atoms with Crippen LogP contribution in [-0.4, -0.2) is 36.6 Å². The van der Waals surface area contributed by atoms with Crippen LogP contribution in [0.25, 0.3) is 0 Å². The van der Waals surface area contributed by atoms with Crippen molar-refractivity contribution in [2.45, 2.75) is 27.7 Å². The first-order chi connectivity index (χ1) is 6.51. The molecule has 0 spiro atoms. The third-order valence-corrected chi connectivity index (χ3v) is 2.85. The lowest BCUT2D eigenvalue weighted by atomic mass is 10.3. The van der Waals surface area contributed by atoms with Crippen LogP contribution in [0.2, 0.25) is 0 Å². The Kier molecular flexibility index (Phi) is 15.3. The molecule has 0 bridgehead atoms. The molecular weight excluding hydrogens is 214 g/mol. The van der Waals surface area contributed by atoms with E-state index >= 15 is 0 Å². The number of rotatable bonds is 5. The highest BCUT2D eigenvalue weighted by atomic mass is 35.5. The minimum absolute atomic E-state index is 0. The van der Waals surface area contributed by atoms with E-state index in [1.54, 1.807) is 0 Å². The van der Waals surface area contributed by atoms with E-state index in [0.29, 0.717) is 0 Å². The summed E-state index contributed by atoms with van der Waals surface area (Å²) in [5.41, 5.74) is 0. The maximum absolute atomic E-state index is 9.14. The lowest BCUT2D eigenvalue weighted by molar-refractivity contribution is -0.921. The van der Waals surface area contributed by atoms with Crippen molar-refractivity contribution in [3.8, 4) is 0 Å². The molecule has 0 atom stereocenters. The van der Waals surface area contributed by atoms with Crippen molar-refractivity contribution in [1.29, 1.82) is 0 Å². The number of hydrogen-bond donors (Lipinski definition) is 0. The van der Waals surface area contributed by atoms with E-state index in [-0.39, 0.29) is 12.4 Å². The number of hydrogen-bond acceptors (Lipinski definition) is 2. The second-order valence-corrected chi connectivity index (χ2v) is 3.13. The van der Waals surface area contributed by atoms with Crippen molar-refractivity contribution >= 4 is 18.4 Å². The molecule has 0 aliphatic carbocycles. The van der Waals surface area contributed by atoms with E-state index in [1.165, 1.54) is 30.7 Å². The van der Waals surface area contributed by atoms with E-state index < -0.39 is 5.97 Å². The minimum Gasteiger partial charge on any atom is -0.545 e. The number of carbonyl (C=O) groups is 1. The van der Waals surface area contributed by atoms with E-state index in [0.717, 1.165) is 6.08 Å². The molecule has 0 saturated carbocycles. The molecule has 0 aromatic heterocycles. The molecule has 0 rings (SSSR count). The van der Waals surface area contributed by atoms with Gasteiger partial charge in [0, 0.05) is 0 Å². The molecule has 0 fully saturated rings. The molecule has 0 aromatic rings. The topological polar surface area (TPSA) is 40.1 Å². The van der Waals surface area contributed by atoms with Gasteiger partial charge in [0.2, 0.25) is 0 Å². The molecule has 4 heteroatoms. The number of quaternary nitrogens is 1.